The number of nitrogens with zero attached hydrogens (tertiary/aromatic N) is 3. The van der Waals surface area contributed by atoms with Crippen LogP contribution < -0.4 is 0 Å². The van der Waals surface area contributed by atoms with E-state index in [0.29, 0.717) is 24.2 Å². The molecule has 23 heavy (non-hydrogen) atoms. The minimum absolute atomic E-state index is 0.0936. The van der Waals surface area contributed by atoms with Crippen molar-refractivity contribution in [3.63, 3.8) is 0 Å². The Hall–Kier alpha value is -1.63. The average molecular weight is 317 g/mol. The lowest BCUT2D eigenvalue weighted by Crippen LogP contribution is -2.44. The fourth-order valence-corrected chi connectivity index (χ4v) is 3.75. The first kappa shape index (κ1) is 14.9. The number of hydrogen-bond donors (Lipinski definition) is 1. The third-order valence-corrected chi connectivity index (χ3v) is 4.94. The number of furan rings is 1. The summed E-state index contributed by atoms with van der Waals surface area (Å²) in [6.07, 6.45) is 7.70. The molecular formula is C17H23N3O3. The van der Waals surface area contributed by atoms with E-state index >= 15 is 0 Å². The molecule has 0 bridgehead atoms. The fraction of sp³-hybridized carbons (Fsp3) is 0.588. The van der Waals surface area contributed by atoms with Gasteiger partial charge in [0.1, 0.15) is 12.4 Å². The van der Waals surface area contributed by atoms with Crippen LogP contribution in [-0.4, -0.2) is 51.9 Å². The van der Waals surface area contributed by atoms with Gasteiger partial charge < -0.3 is 18.8 Å². The van der Waals surface area contributed by atoms with E-state index in [9.17, 15) is 5.11 Å². The van der Waals surface area contributed by atoms with Gasteiger partial charge in [-0.3, -0.25) is 4.90 Å². The quantitative estimate of drug-likeness (QED) is 0.935. The van der Waals surface area contributed by atoms with Crippen LogP contribution in [0.15, 0.2) is 28.9 Å². The molecule has 0 unspecified atom stereocenters. The number of ether oxygens (including phenoxy) is 1. The van der Waals surface area contributed by atoms with Crippen molar-refractivity contribution in [2.45, 2.75) is 38.0 Å². The maximum atomic E-state index is 9.19. The predicted octanol–water partition coefficient (Wildman–Crippen LogP) is 2.06. The summed E-state index contributed by atoms with van der Waals surface area (Å²) in [5.41, 5.74) is 0. The van der Waals surface area contributed by atoms with Crippen LogP contribution >= 0.6 is 0 Å². The molecule has 1 N–H and O–H groups in total. The number of imidazole rings is 1. The Bertz CT molecular complexity index is 645. The molecule has 124 valence electrons. The SMILES string of the molecule is OCc1ccc(-c2nccn2[C@H]2COC[C@@H]2N2CCCCC2)o1. The van der Waals surface area contributed by atoms with E-state index in [0.717, 1.165) is 25.5 Å². The third-order valence-electron chi connectivity index (χ3n) is 4.94. The smallest absolute Gasteiger partial charge is 0.176 e. The topological polar surface area (TPSA) is 63.7 Å². The second kappa shape index (κ2) is 6.47. The number of hydrogen-bond acceptors (Lipinski definition) is 5. The van der Waals surface area contributed by atoms with E-state index < -0.39 is 0 Å². The molecule has 0 aliphatic carbocycles. The highest BCUT2D eigenvalue weighted by atomic mass is 16.5. The van der Waals surface area contributed by atoms with Gasteiger partial charge in [-0.05, 0) is 38.1 Å². The van der Waals surface area contributed by atoms with Gasteiger partial charge in [-0.1, -0.05) is 6.42 Å². The van der Waals surface area contributed by atoms with E-state index in [1.54, 1.807) is 6.07 Å². The van der Waals surface area contributed by atoms with E-state index in [1.165, 1.54) is 19.3 Å². The zero-order valence-electron chi connectivity index (χ0n) is 13.2. The molecule has 2 saturated heterocycles. The number of piperidine rings is 1. The maximum Gasteiger partial charge on any atom is 0.176 e. The summed E-state index contributed by atoms with van der Waals surface area (Å²) in [5.74, 6) is 2.07. The van der Waals surface area contributed by atoms with Crippen LogP contribution in [0.25, 0.3) is 11.6 Å². The van der Waals surface area contributed by atoms with Crippen molar-refractivity contribution in [1.29, 1.82) is 0 Å². The van der Waals surface area contributed by atoms with Gasteiger partial charge in [0.05, 0.1) is 25.3 Å². The molecular weight excluding hydrogens is 294 g/mol. The van der Waals surface area contributed by atoms with Gasteiger partial charge in [0.2, 0.25) is 0 Å². The monoisotopic (exact) mass is 317 g/mol. The Morgan fingerprint density at radius 1 is 1.13 bits per heavy atom. The van der Waals surface area contributed by atoms with Crippen LogP contribution in [0.4, 0.5) is 0 Å². The van der Waals surface area contributed by atoms with Crippen LogP contribution in [0, 0.1) is 0 Å². The first-order valence-electron chi connectivity index (χ1n) is 8.41. The van der Waals surface area contributed by atoms with Gasteiger partial charge in [-0.25, -0.2) is 4.98 Å². The van der Waals surface area contributed by atoms with Crippen LogP contribution in [0.2, 0.25) is 0 Å². The first-order valence-corrected chi connectivity index (χ1v) is 8.41. The lowest BCUT2D eigenvalue weighted by molar-refractivity contribution is 0.122. The molecule has 0 saturated carbocycles. The second-order valence-corrected chi connectivity index (χ2v) is 6.35. The minimum Gasteiger partial charge on any atom is -0.455 e. The predicted molar refractivity (Wildman–Crippen MR) is 84.9 cm³/mol. The lowest BCUT2D eigenvalue weighted by atomic mass is 10.0. The first-order chi connectivity index (χ1) is 11.4. The molecule has 2 aliphatic heterocycles. The van der Waals surface area contributed by atoms with E-state index in [1.807, 2.05) is 18.5 Å². The van der Waals surface area contributed by atoms with Crippen LogP contribution in [-0.2, 0) is 11.3 Å². The van der Waals surface area contributed by atoms with Gasteiger partial charge >= 0.3 is 0 Å². The van der Waals surface area contributed by atoms with Crippen molar-refractivity contribution in [3.8, 4) is 11.6 Å². The van der Waals surface area contributed by atoms with Crippen molar-refractivity contribution < 1.29 is 14.3 Å². The molecule has 0 spiro atoms. The zero-order chi connectivity index (χ0) is 15.6. The van der Waals surface area contributed by atoms with Crippen LogP contribution in [0.3, 0.4) is 0 Å². The van der Waals surface area contributed by atoms with Crippen LogP contribution in [0.1, 0.15) is 31.1 Å². The molecule has 6 heteroatoms. The zero-order valence-corrected chi connectivity index (χ0v) is 13.2. The van der Waals surface area contributed by atoms with Crippen molar-refractivity contribution in [2.24, 2.45) is 0 Å². The molecule has 0 amide bonds. The Morgan fingerprint density at radius 2 is 1.96 bits per heavy atom. The summed E-state index contributed by atoms with van der Waals surface area (Å²) in [6, 6.07) is 4.32. The maximum absolute atomic E-state index is 9.19. The molecule has 2 aromatic heterocycles. The number of aromatic nitrogens is 2. The molecule has 4 rings (SSSR count). The minimum atomic E-state index is -0.0936. The third kappa shape index (κ3) is 2.82. The van der Waals surface area contributed by atoms with Crippen molar-refractivity contribution in [3.05, 3.63) is 30.3 Å². The number of aliphatic hydroxyl groups is 1. The van der Waals surface area contributed by atoms with Gasteiger partial charge in [0.15, 0.2) is 11.6 Å². The van der Waals surface area contributed by atoms with Crippen molar-refractivity contribution in [1.82, 2.24) is 14.5 Å². The molecule has 4 heterocycles. The van der Waals surface area contributed by atoms with Crippen molar-refractivity contribution >= 4 is 0 Å². The van der Waals surface area contributed by atoms with Gasteiger partial charge in [-0.15, -0.1) is 0 Å². The molecule has 2 fully saturated rings. The lowest BCUT2D eigenvalue weighted by Gasteiger charge is -2.35. The fourth-order valence-electron chi connectivity index (χ4n) is 3.75. The highest BCUT2D eigenvalue weighted by Crippen LogP contribution is 2.31. The van der Waals surface area contributed by atoms with Gasteiger partial charge in [-0.2, -0.15) is 0 Å². The molecule has 2 aliphatic rings. The molecule has 6 nitrogen and oxygen atoms in total. The summed E-state index contributed by atoms with van der Waals surface area (Å²) in [6.45, 7) is 3.71. The summed E-state index contributed by atoms with van der Waals surface area (Å²) in [7, 11) is 0. The van der Waals surface area contributed by atoms with E-state index in [4.69, 9.17) is 9.15 Å². The largest absolute Gasteiger partial charge is 0.455 e. The number of aliphatic hydroxyl groups excluding tert-OH is 1. The molecule has 2 atom stereocenters. The molecule has 0 radical (unpaired) electrons. The van der Waals surface area contributed by atoms with Crippen molar-refractivity contribution in [2.75, 3.05) is 26.3 Å². The summed E-state index contributed by atoms with van der Waals surface area (Å²) in [4.78, 5) is 7.03. The summed E-state index contributed by atoms with van der Waals surface area (Å²) in [5, 5.41) is 9.19. The van der Waals surface area contributed by atoms with Gasteiger partial charge in [0, 0.05) is 12.4 Å². The average Bonchev–Trinajstić information content (AvgIpc) is 3.33. The molecule has 2 aromatic rings. The standard InChI is InChI=1S/C17H23N3O3/c21-10-13-4-5-16(23-13)17-18-6-9-20(17)15-12-22-11-14(15)19-7-2-1-3-8-19/h4-6,9,14-15,21H,1-3,7-8,10-12H2/t14-,15-/m0/s1. The second-order valence-electron chi connectivity index (χ2n) is 6.35. The number of likely N-dealkylation sites (tertiary alicyclic amines) is 1. The Morgan fingerprint density at radius 3 is 2.74 bits per heavy atom. The Labute approximate surface area is 135 Å². The van der Waals surface area contributed by atoms with E-state index in [-0.39, 0.29) is 12.6 Å². The normalized spacial score (nSPS) is 26.0. The highest BCUT2D eigenvalue weighted by molar-refractivity contribution is 5.48. The highest BCUT2D eigenvalue weighted by Gasteiger charge is 2.36. The van der Waals surface area contributed by atoms with Crippen LogP contribution in [0.5, 0.6) is 0 Å². The number of rotatable bonds is 4. The summed E-state index contributed by atoms with van der Waals surface area (Å²) < 4.78 is 13.6. The summed E-state index contributed by atoms with van der Waals surface area (Å²) >= 11 is 0. The molecule has 0 aromatic carbocycles. The van der Waals surface area contributed by atoms with Gasteiger partial charge in [0.25, 0.3) is 0 Å². The Kier molecular flexibility index (Phi) is 4.20. The Balaban J connectivity index is 1.61. The van der Waals surface area contributed by atoms with E-state index in [2.05, 4.69) is 14.5 Å².